The van der Waals surface area contributed by atoms with E-state index in [1.807, 2.05) is 13.0 Å². The van der Waals surface area contributed by atoms with Crippen LogP contribution >= 0.6 is 0 Å². The molecule has 1 aromatic rings. The van der Waals surface area contributed by atoms with Gasteiger partial charge in [-0.05, 0) is 79.7 Å². The first-order chi connectivity index (χ1) is 12.6. The fraction of sp³-hybridized carbons (Fsp3) is 0.750. The van der Waals surface area contributed by atoms with Crippen LogP contribution in [0.1, 0.15) is 102 Å². The van der Waals surface area contributed by atoms with E-state index in [4.69, 9.17) is 0 Å². The van der Waals surface area contributed by atoms with Gasteiger partial charge in [-0.1, -0.05) is 58.1 Å². The number of halogens is 2. The largest absolute Gasteiger partial charge is 0.203 e. The second-order valence-corrected chi connectivity index (χ2v) is 8.83. The summed E-state index contributed by atoms with van der Waals surface area (Å²) in [6, 6.07) is 3.64. The van der Waals surface area contributed by atoms with E-state index in [0.29, 0.717) is 17.5 Å². The average molecular weight is 363 g/mol. The zero-order valence-electron chi connectivity index (χ0n) is 16.7. The Morgan fingerprint density at radius 3 is 2.00 bits per heavy atom. The Kier molecular flexibility index (Phi) is 7.12. The number of hydrogen-bond acceptors (Lipinski definition) is 0. The Hall–Kier alpha value is -0.920. The molecule has 0 bridgehead atoms. The molecule has 0 nitrogen and oxygen atoms in total. The van der Waals surface area contributed by atoms with Crippen LogP contribution in [0.5, 0.6) is 0 Å². The first-order valence-corrected chi connectivity index (χ1v) is 11.1. The maximum Gasteiger partial charge on any atom is 0.162 e. The molecule has 3 rings (SSSR count). The molecule has 26 heavy (non-hydrogen) atoms. The lowest BCUT2D eigenvalue weighted by Gasteiger charge is -2.38. The Morgan fingerprint density at radius 2 is 1.42 bits per heavy atom. The van der Waals surface area contributed by atoms with Crippen LogP contribution in [0.3, 0.4) is 0 Å². The molecule has 2 aliphatic carbocycles. The van der Waals surface area contributed by atoms with E-state index < -0.39 is 11.6 Å². The molecule has 0 atom stereocenters. The Bertz CT molecular complexity index is 564. The van der Waals surface area contributed by atoms with Crippen LogP contribution in [0, 0.1) is 29.4 Å². The van der Waals surface area contributed by atoms with Gasteiger partial charge in [-0.15, -0.1) is 0 Å². The summed E-state index contributed by atoms with van der Waals surface area (Å²) in [7, 11) is 0. The van der Waals surface area contributed by atoms with Gasteiger partial charge in [-0.25, -0.2) is 8.78 Å². The minimum atomic E-state index is -0.613. The van der Waals surface area contributed by atoms with Crippen LogP contribution in [0.15, 0.2) is 12.1 Å². The Balaban J connectivity index is 1.51. The van der Waals surface area contributed by atoms with Crippen molar-refractivity contribution in [3.63, 3.8) is 0 Å². The van der Waals surface area contributed by atoms with Crippen molar-refractivity contribution in [2.75, 3.05) is 0 Å². The van der Waals surface area contributed by atoms with Gasteiger partial charge in [-0.2, -0.15) is 0 Å². The predicted octanol–water partition coefficient (Wildman–Crippen LogP) is 7.80. The molecule has 0 N–H and O–H groups in total. The van der Waals surface area contributed by atoms with Crippen molar-refractivity contribution in [3.05, 3.63) is 34.9 Å². The first-order valence-electron chi connectivity index (χ1n) is 11.1. The third-order valence-corrected chi connectivity index (χ3v) is 7.31. The number of unbranched alkanes of at least 4 members (excludes halogenated alkanes) is 1. The maximum absolute atomic E-state index is 14.5. The second kappa shape index (κ2) is 9.33. The van der Waals surface area contributed by atoms with E-state index >= 15 is 0 Å². The van der Waals surface area contributed by atoms with Crippen LogP contribution in [0.2, 0.25) is 0 Å². The minimum Gasteiger partial charge on any atom is -0.203 e. The third kappa shape index (κ3) is 4.49. The molecule has 146 valence electrons. The van der Waals surface area contributed by atoms with Gasteiger partial charge in [0.15, 0.2) is 11.6 Å². The molecule has 0 spiro atoms. The van der Waals surface area contributed by atoms with Crippen molar-refractivity contribution in [2.24, 2.45) is 17.8 Å². The minimum absolute atomic E-state index is 0.215. The summed E-state index contributed by atoms with van der Waals surface area (Å²) in [6.07, 6.45) is 14.8. The van der Waals surface area contributed by atoms with Crippen molar-refractivity contribution in [1.29, 1.82) is 0 Å². The summed E-state index contributed by atoms with van der Waals surface area (Å²) in [5, 5.41) is 0. The molecule has 0 radical (unpaired) electrons. The Morgan fingerprint density at radius 1 is 0.808 bits per heavy atom. The van der Waals surface area contributed by atoms with E-state index in [1.165, 1.54) is 57.8 Å². The van der Waals surface area contributed by atoms with Crippen LogP contribution in [0.25, 0.3) is 0 Å². The fourth-order valence-electron chi connectivity index (χ4n) is 5.54. The molecular formula is C24H36F2. The molecule has 0 unspecified atom stereocenters. The first kappa shape index (κ1) is 19.8. The van der Waals surface area contributed by atoms with Gasteiger partial charge in [-0.3, -0.25) is 0 Å². The lowest BCUT2D eigenvalue weighted by Crippen LogP contribution is -2.25. The van der Waals surface area contributed by atoms with Gasteiger partial charge in [0.25, 0.3) is 0 Å². The predicted molar refractivity (Wildman–Crippen MR) is 105 cm³/mol. The standard InChI is InChI=1S/C24H36F2/c1-3-5-6-17-7-9-19(10-8-17)20-11-13-21(14-12-20)22-16-15-18(4-2)23(25)24(22)26/h15-17,19-21H,3-14H2,1-2H3. The van der Waals surface area contributed by atoms with Crippen LogP contribution in [-0.2, 0) is 6.42 Å². The quantitative estimate of drug-likeness (QED) is 0.484. The highest BCUT2D eigenvalue weighted by molar-refractivity contribution is 5.29. The SMILES string of the molecule is CCCCC1CCC(C2CCC(c3ccc(CC)c(F)c3F)CC2)CC1. The van der Waals surface area contributed by atoms with Crippen LogP contribution in [-0.4, -0.2) is 0 Å². The van der Waals surface area contributed by atoms with E-state index in [0.717, 1.165) is 30.6 Å². The smallest absolute Gasteiger partial charge is 0.162 e. The van der Waals surface area contributed by atoms with Crippen molar-refractivity contribution < 1.29 is 8.78 Å². The maximum atomic E-state index is 14.5. The summed E-state index contributed by atoms with van der Waals surface area (Å²) in [6.45, 7) is 4.16. The van der Waals surface area contributed by atoms with Gasteiger partial charge in [0.1, 0.15) is 0 Å². The topological polar surface area (TPSA) is 0 Å². The average Bonchev–Trinajstić information content (AvgIpc) is 2.69. The van der Waals surface area contributed by atoms with Crippen molar-refractivity contribution in [2.45, 2.75) is 96.8 Å². The molecule has 0 aromatic heterocycles. The number of benzene rings is 1. The van der Waals surface area contributed by atoms with E-state index in [2.05, 4.69) is 6.92 Å². The van der Waals surface area contributed by atoms with Gasteiger partial charge < -0.3 is 0 Å². The van der Waals surface area contributed by atoms with Crippen LogP contribution in [0.4, 0.5) is 8.78 Å². The highest BCUT2D eigenvalue weighted by Gasteiger charge is 2.32. The Labute approximate surface area is 158 Å². The number of aryl methyl sites for hydroxylation is 1. The highest BCUT2D eigenvalue weighted by atomic mass is 19.2. The summed E-state index contributed by atoms with van der Waals surface area (Å²) in [5.41, 5.74) is 1.13. The molecule has 2 aliphatic rings. The molecule has 2 fully saturated rings. The van der Waals surface area contributed by atoms with E-state index in [1.54, 1.807) is 6.07 Å². The number of rotatable bonds is 6. The van der Waals surface area contributed by atoms with E-state index in [9.17, 15) is 8.78 Å². The molecule has 0 amide bonds. The highest BCUT2D eigenvalue weighted by Crippen LogP contribution is 2.45. The van der Waals surface area contributed by atoms with Crippen molar-refractivity contribution in [1.82, 2.24) is 0 Å². The number of hydrogen-bond donors (Lipinski definition) is 0. The molecule has 0 saturated heterocycles. The monoisotopic (exact) mass is 362 g/mol. The van der Waals surface area contributed by atoms with Crippen molar-refractivity contribution >= 4 is 0 Å². The molecule has 0 aliphatic heterocycles. The van der Waals surface area contributed by atoms with Gasteiger partial charge in [0.2, 0.25) is 0 Å². The zero-order valence-corrected chi connectivity index (χ0v) is 16.7. The summed E-state index contributed by atoms with van der Waals surface area (Å²) >= 11 is 0. The van der Waals surface area contributed by atoms with E-state index in [-0.39, 0.29) is 5.92 Å². The summed E-state index contributed by atoms with van der Waals surface area (Å²) in [5.74, 6) is 1.70. The lowest BCUT2D eigenvalue weighted by molar-refractivity contribution is 0.155. The normalized spacial score (nSPS) is 29.7. The van der Waals surface area contributed by atoms with Crippen molar-refractivity contribution in [3.8, 4) is 0 Å². The summed E-state index contributed by atoms with van der Waals surface area (Å²) < 4.78 is 28.6. The molecule has 1 aromatic carbocycles. The second-order valence-electron chi connectivity index (χ2n) is 8.83. The molecular weight excluding hydrogens is 326 g/mol. The van der Waals surface area contributed by atoms with Gasteiger partial charge in [0, 0.05) is 0 Å². The molecule has 2 heteroatoms. The summed E-state index contributed by atoms with van der Waals surface area (Å²) in [4.78, 5) is 0. The van der Waals surface area contributed by atoms with Gasteiger partial charge in [0.05, 0.1) is 0 Å². The van der Waals surface area contributed by atoms with Crippen LogP contribution < -0.4 is 0 Å². The molecule has 0 heterocycles. The van der Waals surface area contributed by atoms with Gasteiger partial charge >= 0.3 is 0 Å². The lowest BCUT2D eigenvalue weighted by atomic mass is 9.68. The third-order valence-electron chi connectivity index (χ3n) is 7.31. The zero-order chi connectivity index (χ0) is 18.5. The fourth-order valence-corrected chi connectivity index (χ4v) is 5.54. The molecule has 2 saturated carbocycles.